The van der Waals surface area contributed by atoms with E-state index in [0.29, 0.717) is 5.92 Å². The predicted molar refractivity (Wildman–Crippen MR) is 187 cm³/mol. The van der Waals surface area contributed by atoms with Crippen LogP contribution in [0.2, 0.25) is 0 Å². The van der Waals surface area contributed by atoms with E-state index in [9.17, 15) is 0 Å². The van der Waals surface area contributed by atoms with E-state index in [1.165, 1.54) is 47.9 Å². The Balaban J connectivity index is 1.34. The lowest BCUT2D eigenvalue weighted by molar-refractivity contribution is 0.259. The molecule has 2 saturated heterocycles. The molecule has 6 N–H and O–H groups in total. The minimum absolute atomic E-state index is 0.367. The maximum absolute atomic E-state index is 3.65. The van der Waals surface area contributed by atoms with Gasteiger partial charge in [0.15, 0.2) is 0 Å². The molecule has 44 heavy (non-hydrogen) atoms. The monoisotopic (exact) mass is 607 g/mol. The Labute approximate surface area is 268 Å². The van der Waals surface area contributed by atoms with Crippen molar-refractivity contribution in [2.24, 2.45) is 0 Å². The SMILES string of the molecule is CC(c1cccc(CN2CCCNCCNCCCNCC2)c1)c1cccc(CN2CCCNCCNCCCNCC2)c1. The normalized spacial score (nSPS) is 21.0. The molecule has 0 aromatic heterocycles. The Hall–Kier alpha value is -1.88. The first-order chi connectivity index (χ1) is 21.8. The third-order valence-corrected chi connectivity index (χ3v) is 8.95. The molecule has 8 heteroatoms. The van der Waals surface area contributed by atoms with E-state index in [2.05, 4.69) is 97.2 Å². The highest BCUT2D eigenvalue weighted by Gasteiger charge is 2.13. The van der Waals surface area contributed by atoms with E-state index < -0.39 is 0 Å². The van der Waals surface area contributed by atoms with Gasteiger partial charge in [-0.25, -0.2) is 0 Å². The number of hydrogen-bond acceptors (Lipinski definition) is 8. The highest BCUT2D eigenvalue weighted by atomic mass is 15.1. The summed E-state index contributed by atoms with van der Waals surface area (Å²) in [4.78, 5) is 5.26. The number of nitrogens with zero attached hydrogens (tertiary/aromatic N) is 2. The molecule has 0 bridgehead atoms. The van der Waals surface area contributed by atoms with Gasteiger partial charge in [0.1, 0.15) is 0 Å². The first kappa shape index (κ1) is 35.0. The third kappa shape index (κ3) is 14.0. The molecule has 2 aromatic carbocycles. The van der Waals surface area contributed by atoms with Crippen LogP contribution in [0.1, 0.15) is 60.8 Å². The highest BCUT2D eigenvalue weighted by molar-refractivity contribution is 5.36. The number of rotatable bonds is 6. The van der Waals surface area contributed by atoms with Crippen molar-refractivity contribution < 1.29 is 0 Å². The average Bonchev–Trinajstić information content (AvgIpc) is 3.04. The van der Waals surface area contributed by atoms with Crippen LogP contribution in [0.4, 0.5) is 0 Å². The van der Waals surface area contributed by atoms with Crippen molar-refractivity contribution in [1.29, 1.82) is 0 Å². The van der Waals surface area contributed by atoms with Crippen molar-refractivity contribution in [3.8, 4) is 0 Å². The second kappa shape index (κ2) is 21.8. The lowest BCUT2D eigenvalue weighted by atomic mass is 9.91. The highest BCUT2D eigenvalue weighted by Crippen LogP contribution is 2.26. The molecular formula is C36H62N8. The summed E-state index contributed by atoms with van der Waals surface area (Å²) in [6, 6.07) is 18.7. The zero-order chi connectivity index (χ0) is 30.5. The van der Waals surface area contributed by atoms with E-state index >= 15 is 0 Å². The van der Waals surface area contributed by atoms with E-state index in [-0.39, 0.29) is 0 Å². The lowest BCUT2D eigenvalue weighted by Crippen LogP contribution is -2.36. The first-order valence-corrected chi connectivity index (χ1v) is 17.6. The zero-order valence-electron chi connectivity index (χ0n) is 27.6. The van der Waals surface area contributed by atoms with E-state index in [4.69, 9.17) is 0 Å². The Bertz CT molecular complexity index is 910. The summed E-state index contributed by atoms with van der Waals surface area (Å²) in [6.07, 6.45) is 4.74. The molecule has 0 unspecified atom stereocenters. The van der Waals surface area contributed by atoms with Gasteiger partial charge in [-0.15, -0.1) is 0 Å². The Morgan fingerprint density at radius 3 is 1.30 bits per heavy atom. The minimum atomic E-state index is 0.367. The second-order valence-electron chi connectivity index (χ2n) is 12.7. The van der Waals surface area contributed by atoms with Gasteiger partial charge in [0.2, 0.25) is 0 Å². The van der Waals surface area contributed by atoms with Crippen LogP contribution >= 0.6 is 0 Å². The van der Waals surface area contributed by atoms with E-state index in [1.54, 1.807) is 0 Å². The van der Waals surface area contributed by atoms with Gasteiger partial charge in [0, 0.05) is 71.4 Å². The van der Waals surface area contributed by atoms with Crippen molar-refractivity contribution in [2.45, 2.75) is 51.6 Å². The molecule has 0 aliphatic carbocycles. The molecule has 2 aliphatic rings. The summed E-state index contributed by atoms with van der Waals surface area (Å²) >= 11 is 0. The molecule has 0 spiro atoms. The van der Waals surface area contributed by atoms with Gasteiger partial charge < -0.3 is 31.9 Å². The minimum Gasteiger partial charge on any atom is -0.315 e. The van der Waals surface area contributed by atoms with Crippen LogP contribution in [0, 0.1) is 0 Å². The number of nitrogens with one attached hydrogen (secondary N) is 6. The molecule has 2 aromatic rings. The van der Waals surface area contributed by atoms with Crippen molar-refractivity contribution in [3.05, 3.63) is 70.8 Å². The summed E-state index contributed by atoms with van der Waals surface area (Å²) in [5.41, 5.74) is 5.67. The standard InChI is InChI=1S/C36H62N8/c1-32(35-10-2-8-33(28-35)30-43-24-6-16-39-20-18-37-12-4-14-41-22-26-43)36-11-3-9-34(29-36)31-44-25-7-17-40-21-19-38-13-5-15-42-23-27-44/h2-3,8-11,28-29,32,37-42H,4-7,12-27,30-31H2,1H3. The van der Waals surface area contributed by atoms with Crippen LogP contribution in [0.3, 0.4) is 0 Å². The molecule has 0 atom stereocenters. The van der Waals surface area contributed by atoms with Crippen LogP contribution in [0.25, 0.3) is 0 Å². The van der Waals surface area contributed by atoms with E-state index in [0.717, 1.165) is 118 Å². The third-order valence-electron chi connectivity index (χ3n) is 8.95. The molecule has 2 heterocycles. The molecule has 2 aliphatic heterocycles. The fourth-order valence-electron chi connectivity index (χ4n) is 6.28. The van der Waals surface area contributed by atoms with Crippen LogP contribution in [-0.4, -0.2) is 115 Å². The van der Waals surface area contributed by atoms with Gasteiger partial charge in [-0.2, -0.15) is 0 Å². The van der Waals surface area contributed by atoms with Crippen LogP contribution < -0.4 is 31.9 Å². The molecule has 0 amide bonds. The fourth-order valence-corrected chi connectivity index (χ4v) is 6.28. The van der Waals surface area contributed by atoms with Crippen molar-refractivity contribution in [1.82, 2.24) is 41.7 Å². The van der Waals surface area contributed by atoms with Crippen molar-refractivity contribution >= 4 is 0 Å². The summed E-state index contributed by atoms with van der Waals surface area (Å²) in [7, 11) is 0. The van der Waals surface area contributed by atoms with E-state index in [1.807, 2.05) is 0 Å². The fraction of sp³-hybridized carbons (Fsp3) is 0.667. The largest absolute Gasteiger partial charge is 0.315 e. The molecule has 4 rings (SSSR count). The number of benzene rings is 2. The molecular weight excluding hydrogens is 544 g/mol. The van der Waals surface area contributed by atoms with Gasteiger partial charge in [-0.3, -0.25) is 9.80 Å². The summed E-state index contributed by atoms with van der Waals surface area (Å²) in [5, 5.41) is 21.6. The Kier molecular flexibility index (Phi) is 17.3. The molecule has 0 saturated carbocycles. The maximum Gasteiger partial charge on any atom is 0.0234 e. The number of hydrogen-bond donors (Lipinski definition) is 6. The first-order valence-electron chi connectivity index (χ1n) is 17.6. The predicted octanol–water partition coefficient (Wildman–Crippen LogP) is 2.57. The van der Waals surface area contributed by atoms with Crippen molar-refractivity contribution in [2.75, 3.05) is 105 Å². The van der Waals surface area contributed by atoms with Crippen LogP contribution in [0.5, 0.6) is 0 Å². The van der Waals surface area contributed by atoms with Crippen molar-refractivity contribution in [3.63, 3.8) is 0 Å². The Morgan fingerprint density at radius 2 is 0.864 bits per heavy atom. The second-order valence-corrected chi connectivity index (χ2v) is 12.7. The average molecular weight is 607 g/mol. The maximum atomic E-state index is 3.65. The van der Waals surface area contributed by atoms with Crippen LogP contribution in [0.15, 0.2) is 48.5 Å². The molecule has 2 fully saturated rings. The Morgan fingerprint density at radius 1 is 0.477 bits per heavy atom. The summed E-state index contributed by atoms with van der Waals surface area (Å²) < 4.78 is 0. The molecule has 246 valence electrons. The summed E-state index contributed by atoms with van der Waals surface area (Å²) in [6.45, 7) is 21.7. The molecule has 0 radical (unpaired) electrons. The lowest BCUT2D eigenvalue weighted by Gasteiger charge is -2.25. The molecule has 8 nitrogen and oxygen atoms in total. The van der Waals surface area contributed by atoms with Gasteiger partial charge in [-0.1, -0.05) is 55.5 Å². The van der Waals surface area contributed by atoms with Gasteiger partial charge in [-0.05, 0) is 100 Å². The van der Waals surface area contributed by atoms with Crippen LogP contribution in [-0.2, 0) is 13.1 Å². The van der Waals surface area contributed by atoms with Gasteiger partial charge in [0.05, 0.1) is 0 Å². The zero-order valence-corrected chi connectivity index (χ0v) is 27.6. The van der Waals surface area contributed by atoms with Gasteiger partial charge in [0.25, 0.3) is 0 Å². The van der Waals surface area contributed by atoms with Gasteiger partial charge >= 0.3 is 0 Å². The topological polar surface area (TPSA) is 78.7 Å². The quantitative estimate of drug-likeness (QED) is 0.300. The summed E-state index contributed by atoms with van der Waals surface area (Å²) in [5.74, 6) is 0.367. The smallest absolute Gasteiger partial charge is 0.0234 e.